The Morgan fingerprint density at radius 3 is 2.46 bits per heavy atom. The summed E-state index contributed by atoms with van der Waals surface area (Å²) < 4.78 is 8.79. The summed E-state index contributed by atoms with van der Waals surface area (Å²) in [4.78, 5) is 38.0. The summed E-state index contributed by atoms with van der Waals surface area (Å²) in [5, 5.41) is 6.10. The summed E-state index contributed by atoms with van der Waals surface area (Å²) in [6.07, 6.45) is 1.59. The number of likely N-dealkylation sites (N-methyl/N-ethyl adjacent to an activating group) is 2. The maximum Gasteiger partial charge on any atom is 0.334 e. The number of methoxy groups -OCH3 is 1. The minimum Gasteiger partial charge on any atom is -0.494 e. The largest absolute Gasteiger partial charge is 0.494 e. The third-order valence-electron chi connectivity index (χ3n) is 6.00. The molecule has 0 aliphatic rings. The van der Waals surface area contributed by atoms with E-state index in [-0.39, 0.29) is 17.5 Å². The molecule has 0 aliphatic carbocycles. The number of nitrogens with one attached hydrogen (secondary N) is 2. The third kappa shape index (κ3) is 5.41. The normalized spacial score (nSPS) is 11.1. The molecule has 0 radical (unpaired) electrons. The molecule has 1 amide bonds. The van der Waals surface area contributed by atoms with Gasteiger partial charge in [-0.15, -0.1) is 0 Å². The molecule has 4 rings (SSSR count). The maximum absolute atomic E-state index is 13.0. The molecule has 11 heteroatoms. The number of anilines is 4. The van der Waals surface area contributed by atoms with Gasteiger partial charge >= 0.3 is 5.69 Å². The van der Waals surface area contributed by atoms with Crippen LogP contribution in [0.1, 0.15) is 6.92 Å². The number of rotatable bonds is 9. The summed E-state index contributed by atoms with van der Waals surface area (Å²) in [5.74, 6) is 1.07. The number of carbonyl (C=O) groups is 1. The van der Waals surface area contributed by atoms with Crippen molar-refractivity contribution in [3.63, 3.8) is 0 Å². The maximum atomic E-state index is 13.0. The van der Waals surface area contributed by atoms with Gasteiger partial charge in [-0.3, -0.25) is 9.36 Å². The minimum absolute atomic E-state index is 0.188. The van der Waals surface area contributed by atoms with Crippen LogP contribution in [0.3, 0.4) is 0 Å². The smallest absolute Gasteiger partial charge is 0.334 e. The molecular weight excluding hydrogens is 472 g/mol. The van der Waals surface area contributed by atoms with E-state index < -0.39 is 0 Å². The second kappa shape index (κ2) is 10.7. The molecular formula is C26H32N8O3. The van der Waals surface area contributed by atoms with Crippen molar-refractivity contribution in [2.75, 3.05) is 56.9 Å². The van der Waals surface area contributed by atoms with Gasteiger partial charge in [0.25, 0.3) is 0 Å². The number of benzene rings is 2. The number of hydrogen-bond acceptors (Lipinski definition) is 8. The van der Waals surface area contributed by atoms with E-state index in [0.29, 0.717) is 22.9 Å². The number of imidazole rings is 1. The van der Waals surface area contributed by atoms with Crippen molar-refractivity contribution in [1.29, 1.82) is 0 Å². The highest BCUT2D eigenvalue weighted by Crippen LogP contribution is 2.37. The van der Waals surface area contributed by atoms with Crippen LogP contribution in [0.5, 0.6) is 5.75 Å². The van der Waals surface area contributed by atoms with Crippen molar-refractivity contribution < 1.29 is 9.53 Å². The lowest BCUT2D eigenvalue weighted by Gasteiger charge is -2.25. The van der Waals surface area contributed by atoms with E-state index >= 15 is 0 Å². The number of hydrogen-bond donors (Lipinski definition) is 2. The summed E-state index contributed by atoms with van der Waals surface area (Å²) in [6, 6.07) is 12.9. The molecule has 4 aromatic rings. The summed E-state index contributed by atoms with van der Waals surface area (Å²) >= 11 is 0. The van der Waals surface area contributed by atoms with Gasteiger partial charge in [0.1, 0.15) is 11.6 Å². The Morgan fingerprint density at radius 1 is 1.05 bits per heavy atom. The Bertz CT molecular complexity index is 1490. The highest BCUT2D eigenvalue weighted by atomic mass is 16.5. The first-order chi connectivity index (χ1) is 17.7. The second-order valence-electron chi connectivity index (χ2n) is 9.00. The first kappa shape index (κ1) is 25.7. The average Bonchev–Trinajstić information content (AvgIpc) is 3.12. The van der Waals surface area contributed by atoms with E-state index in [9.17, 15) is 9.59 Å². The van der Waals surface area contributed by atoms with Gasteiger partial charge in [-0.05, 0) is 32.3 Å². The van der Waals surface area contributed by atoms with Gasteiger partial charge in [-0.1, -0.05) is 12.1 Å². The molecule has 2 heterocycles. The SMILES string of the molecule is COc1cc(N(C)CCN(C)C)c(NC(C)=O)cc1Nc1nccc(-n2c(=O)n(C)c3ccccc32)n1. The topological polar surface area (TPSA) is 110 Å². The molecule has 0 atom stereocenters. The van der Waals surface area contributed by atoms with Crippen molar-refractivity contribution in [2.24, 2.45) is 7.05 Å². The monoisotopic (exact) mass is 504 g/mol. The van der Waals surface area contributed by atoms with E-state index in [2.05, 4.69) is 30.4 Å². The Kier molecular flexibility index (Phi) is 7.44. The zero-order valence-corrected chi connectivity index (χ0v) is 21.9. The Hall–Kier alpha value is -4.38. The lowest BCUT2D eigenvalue weighted by molar-refractivity contribution is -0.114. The molecule has 0 aliphatic heterocycles. The van der Waals surface area contributed by atoms with Crippen LogP contribution in [-0.2, 0) is 11.8 Å². The van der Waals surface area contributed by atoms with Gasteiger partial charge in [0.15, 0.2) is 0 Å². The van der Waals surface area contributed by atoms with Crippen molar-refractivity contribution in [1.82, 2.24) is 24.0 Å². The van der Waals surface area contributed by atoms with Gasteiger partial charge in [-0.2, -0.15) is 4.98 Å². The van der Waals surface area contributed by atoms with Crippen LogP contribution >= 0.6 is 0 Å². The predicted octanol–water partition coefficient (Wildman–Crippen LogP) is 2.83. The number of para-hydroxylation sites is 2. The zero-order valence-electron chi connectivity index (χ0n) is 21.9. The molecule has 0 spiro atoms. The van der Waals surface area contributed by atoms with Crippen LogP contribution in [0.4, 0.5) is 23.0 Å². The quantitative estimate of drug-likeness (QED) is 0.358. The Balaban J connectivity index is 1.73. The molecule has 2 aromatic heterocycles. The average molecular weight is 505 g/mol. The number of aryl methyl sites for hydroxylation is 1. The fraction of sp³-hybridized carbons (Fsp3) is 0.308. The van der Waals surface area contributed by atoms with Gasteiger partial charge in [-0.25, -0.2) is 14.3 Å². The standard InChI is InChI=1S/C26H32N8O3/c1-17(35)28-18-15-19(23(37-6)16-22(18)32(4)14-13-31(2)3)29-25-27-12-11-24(30-25)34-21-10-8-7-9-20(21)33(5)26(34)36/h7-12,15-16H,13-14H2,1-6H3,(H,28,35)(H,27,29,30). The van der Waals surface area contributed by atoms with Gasteiger partial charge in [0, 0.05) is 52.4 Å². The summed E-state index contributed by atoms with van der Waals surface area (Å²) in [5.41, 5.74) is 3.35. The highest BCUT2D eigenvalue weighted by Gasteiger charge is 2.17. The number of carbonyl (C=O) groups excluding carboxylic acids is 1. The molecule has 0 saturated carbocycles. The van der Waals surface area contributed by atoms with Crippen LogP contribution in [0.25, 0.3) is 16.9 Å². The molecule has 2 N–H and O–H groups in total. The number of fused-ring (bicyclic) bond motifs is 1. The van der Waals surface area contributed by atoms with Crippen LogP contribution < -0.4 is 26.0 Å². The second-order valence-corrected chi connectivity index (χ2v) is 9.00. The van der Waals surface area contributed by atoms with E-state index in [0.717, 1.165) is 29.8 Å². The minimum atomic E-state index is -0.207. The molecule has 194 valence electrons. The predicted molar refractivity (Wildman–Crippen MR) is 147 cm³/mol. The van der Waals surface area contributed by atoms with Crippen LogP contribution in [0, 0.1) is 0 Å². The third-order valence-corrected chi connectivity index (χ3v) is 6.00. The lowest BCUT2D eigenvalue weighted by atomic mass is 10.2. The molecule has 0 unspecified atom stereocenters. The highest BCUT2D eigenvalue weighted by molar-refractivity contribution is 5.95. The first-order valence-electron chi connectivity index (χ1n) is 11.8. The van der Waals surface area contributed by atoms with E-state index in [1.54, 1.807) is 41.6 Å². The van der Waals surface area contributed by atoms with Gasteiger partial charge < -0.3 is 25.2 Å². The van der Waals surface area contributed by atoms with Crippen LogP contribution in [-0.4, -0.2) is 71.3 Å². The Morgan fingerprint density at radius 2 is 1.78 bits per heavy atom. The van der Waals surface area contributed by atoms with Crippen molar-refractivity contribution >= 4 is 40.0 Å². The fourth-order valence-electron chi connectivity index (χ4n) is 4.08. The van der Waals surface area contributed by atoms with E-state index in [1.807, 2.05) is 51.5 Å². The van der Waals surface area contributed by atoms with Crippen LogP contribution in [0.15, 0.2) is 53.5 Å². The number of amides is 1. The summed E-state index contributed by atoms with van der Waals surface area (Å²) in [7, 11) is 9.29. The summed E-state index contributed by atoms with van der Waals surface area (Å²) in [6.45, 7) is 3.06. The first-order valence-corrected chi connectivity index (χ1v) is 11.8. The van der Waals surface area contributed by atoms with Gasteiger partial charge in [0.05, 0.1) is 35.2 Å². The van der Waals surface area contributed by atoms with Crippen molar-refractivity contribution in [2.45, 2.75) is 6.92 Å². The van der Waals surface area contributed by atoms with Crippen molar-refractivity contribution in [3.05, 3.63) is 59.1 Å². The molecule has 37 heavy (non-hydrogen) atoms. The number of ether oxygens (including phenoxy) is 1. The fourth-order valence-corrected chi connectivity index (χ4v) is 4.08. The van der Waals surface area contributed by atoms with Gasteiger partial charge in [0.2, 0.25) is 11.9 Å². The number of aromatic nitrogens is 4. The lowest BCUT2D eigenvalue weighted by Crippen LogP contribution is -2.29. The molecule has 0 saturated heterocycles. The zero-order chi connectivity index (χ0) is 26.7. The number of nitrogens with zero attached hydrogens (tertiary/aromatic N) is 6. The van der Waals surface area contributed by atoms with Crippen LogP contribution in [0.2, 0.25) is 0 Å². The van der Waals surface area contributed by atoms with E-state index in [4.69, 9.17) is 4.74 Å². The molecule has 0 bridgehead atoms. The van der Waals surface area contributed by atoms with E-state index in [1.165, 1.54) is 6.92 Å². The van der Waals surface area contributed by atoms with Crippen molar-refractivity contribution in [3.8, 4) is 11.6 Å². The molecule has 2 aromatic carbocycles. The molecule has 0 fully saturated rings. The molecule has 11 nitrogen and oxygen atoms in total. The Labute approximate surface area is 215 Å².